The van der Waals surface area contributed by atoms with Crippen LogP contribution in [0.1, 0.15) is 108 Å². The first-order chi connectivity index (χ1) is 17.7. The summed E-state index contributed by atoms with van der Waals surface area (Å²) in [5.41, 5.74) is 0.500. The smallest absolute Gasteiger partial charge is 0.343 e. The van der Waals surface area contributed by atoms with Gasteiger partial charge in [0.15, 0.2) is 0 Å². The van der Waals surface area contributed by atoms with Crippen LogP contribution in [-0.4, -0.2) is 19.2 Å². The SMILES string of the molecule is CCCCCCC[C@H]1CC[C@H](CCCOc2ccc(OC(=O)c3ccc(OCCC)cc3)cc2)CC1. The Kier molecular flexibility index (Phi) is 12.7. The molecule has 1 fully saturated rings. The van der Waals surface area contributed by atoms with Crippen LogP contribution >= 0.6 is 0 Å². The zero-order chi connectivity index (χ0) is 25.4. The van der Waals surface area contributed by atoms with Gasteiger partial charge in [0.1, 0.15) is 17.2 Å². The summed E-state index contributed by atoms with van der Waals surface area (Å²) in [4.78, 5) is 12.4. The van der Waals surface area contributed by atoms with Gasteiger partial charge in [0, 0.05) is 0 Å². The molecule has 3 rings (SSSR count). The molecule has 0 atom stereocenters. The standard InChI is InChI=1S/C32H46O4/c1-3-5-6-7-8-10-26-12-14-27(15-13-26)11-9-25-35-30-20-22-31(23-21-30)36-32(33)28-16-18-29(19-17-28)34-24-4-2/h16-23,26-27H,3-15,24-25H2,1-2H3/t26-,27-. The fourth-order valence-corrected chi connectivity index (χ4v) is 5.08. The molecule has 198 valence electrons. The topological polar surface area (TPSA) is 44.8 Å². The molecule has 0 radical (unpaired) electrons. The van der Waals surface area contributed by atoms with Crippen molar-refractivity contribution < 1.29 is 19.0 Å². The van der Waals surface area contributed by atoms with E-state index in [0.717, 1.165) is 42.8 Å². The van der Waals surface area contributed by atoms with E-state index >= 15 is 0 Å². The third kappa shape index (κ3) is 10.2. The lowest BCUT2D eigenvalue weighted by Crippen LogP contribution is -2.15. The molecular weight excluding hydrogens is 448 g/mol. The number of hydrogen-bond acceptors (Lipinski definition) is 4. The van der Waals surface area contributed by atoms with Gasteiger partial charge in [-0.1, -0.05) is 78.1 Å². The molecule has 0 saturated heterocycles. The summed E-state index contributed by atoms with van der Waals surface area (Å²) in [6.45, 7) is 5.75. The monoisotopic (exact) mass is 494 g/mol. The molecule has 0 aliphatic heterocycles. The normalized spacial score (nSPS) is 17.5. The molecule has 0 aromatic heterocycles. The van der Waals surface area contributed by atoms with Gasteiger partial charge in [0.2, 0.25) is 0 Å². The predicted molar refractivity (Wildman–Crippen MR) is 147 cm³/mol. The summed E-state index contributed by atoms with van der Waals surface area (Å²) in [6, 6.07) is 14.4. The largest absolute Gasteiger partial charge is 0.494 e. The van der Waals surface area contributed by atoms with E-state index in [2.05, 4.69) is 13.8 Å². The summed E-state index contributed by atoms with van der Waals surface area (Å²) in [7, 11) is 0. The lowest BCUT2D eigenvalue weighted by atomic mass is 9.78. The molecule has 0 unspecified atom stereocenters. The van der Waals surface area contributed by atoms with Gasteiger partial charge in [-0.25, -0.2) is 4.79 Å². The first-order valence-corrected chi connectivity index (χ1v) is 14.4. The van der Waals surface area contributed by atoms with Gasteiger partial charge in [0.25, 0.3) is 0 Å². The molecule has 2 aromatic rings. The number of carbonyl (C=O) groups is 1. The number of carbonyl (C=O) groups excluding carboxylic acids is 1. The molecule has 1 saturated carbocycles. The Hall–Kier alpha value is -2.49. The predicted octanol–water partition coefficient (Wildman–Crippen LogP) is 9.02. The maximum absolute atomic E-state index is 12.4. The maximum Gasteiger partial charge on any atom is 0.343 e. The van der Waals surface area contributed by atoms with Crippen LogP contribution in [0.25, 0.3) is 0 Å². The van der Waals surface area contributed by atoms with Crippen molar-refractivity contribution in [2.24, 2.45) is 11.8 Å². The van der Waals surface area contributed by atoms with E-state index in [4.69, 9.17) is 14.2 Å². The van der Waals surface area contributed by atoms with Crippen molar-refractivity contribution in [2.75, 3.05) is 13.2 Å². The highest BCUT2D eigenvalue weighted by atomic mass is 16.5. The molecule has 0 heterocycles. The number of ether oxygens (including phenoxy) is 3. The molecule has 1 aliphatic carbocycles. The van der Waals surface area contributed by atoms with Gasteiger partial charge in [-0.2, -0.15) is 0 Å². The van der Waals surface area contributed by atoms with Crippen LogP contribution in [-0.2, 0) is 0 Å². The Labute approximate surface area is 218 Å². The number of rotatable bonds is 16. The summed E-state index contributed by atoms with van der Waals surface area (Å²) < 4.78 is 17.0. The first kappa shape index (κ1) is 28.1. The van der Waals surface area contributed by atoms with Crippen LogP contribution in [0.2, 0.25) is 0 Å². The Morgan fingerprint density at radius 3 is 1.78 bits per heavy atom. The van der Waals surface area contributed by atoms with Gasteiger partial charge in [-0.3, -0.25) is 0 Å². The minimum atomic E-state index is -0.378. The second-order valence-corrected chi connectivity index (χ2v) is 10.3. The molecule has 0 bridgehead atoms. The van der Waals surface area contributed by atoms with E-state index in [1.54, 1.807) is 36.4 Å². The van der Waals surface area contributed by atoms with Crippen molar-refractivity contribution in [1.82, 2.24) is 0 Å². The average Bonchev–Trinajstić information content (AvgIpc) is 2.91. The maximum atomic E-state index is 12.4. The molecule has 4 heteroatoms. The third-order valence-electron chi connectivity index (χ3n) is 7.30. The van der Waals surface area contributed by atoms with Crippen LogP contribution < -0.4 is 14.2 Å². The van der Waals surface area contributed by atoms with Gasteiger partial charge in [-0.05, 0) is 79.6 Å². The minimum absolute atomic E-state index is 0.378. The van der Waals surface area contributed by atoms with Crippen LogP contribution in [0.4, 0.5) is 0 Å². The van der Waals surface area contributed by atoms with Crippen molar-refractivity contribution in [3.8, 4) is 17.2 Å². The van der Waals surface area contributed by atoms with E-state index in [9.17, 15) is 4.79 Å². The Morgan fingerprint density at radius 2 is 1.17 bits per heavy atom. The van der Waals surface area contributed by atoms with Gasteiger partial charge in [-0.15, -0.1) is 0 Å². The second kappa shape index (κ2) is 16.3. The van der Waals surface area contributed by atoms with Crippen molar-refractivity contribution in [2.45, 2.75) is 97.3 Å². The Bertz CT molecular complexity index is 851. The number of esters is 1. The van der Waals surface area contributed by atoms with Crippen molar-refractivity contribution >= 4 is 5.97 Å². The average molecular weight is 495 g/mol. The molecule has 36 heavy (non-hydrogen) atoms. The number of hydrogen-bond donors (Lipinski definition) is 0. The Balaban J connectivity index is 1.28. The van der Waals surface area contributed by atoms with Crippen LogP contribution in [0, 0.1) is 11.8 Å². The number of benzene rings is 2. The molecule has 0 amide bonds. The zero-order valence-corrected chi connectivity index (χ0v) is 22.5. The highest BCUT2D eigenvalue weighted by Gasteiger charge is 2.20. The van der Waals surface area contributed by atoms with Crippen LogP contribution in [0.3, 0.4) is 0 Å². The molecule has 0 N–H and O–H groups in total. The Morgan fingerprint density at radius 1 is 0.639 bits per heavy atom. The van der Waals surface area contributed by atoms with Crippen LogP contribution in [0.5, 0.6) is 17.2 Å². The first-order valence-electron chi connectivity index (χ1n) is 14.4. The summed E-state index contributed by atoms with van der Waals surface area (Å²) in [5, 5.41) is 0. The molecule has 1 aliphatic rings. The zero-order valence-electron chi connectivity index (χ0n) is 22.5. The van der Waals surface area contributed by atoms with Gasteiger partial charge in [0.05, 0.1) is 18.8 Å². The highest BCUT2D eigenvalue weighted by Crippen LogP contribution is 2.34. The fourth-order valence-electron chi connectivity index (χ4n) is 5.08. The summed E-state index contributed by atoms with van der Waals surface area (Å²) in [5.74, 6) is 3.57. The lowest BCUT2D eigenvalue weighted by Gasteiger charge is -2.28. The summed E-state index contributed by atoms with van der Waals surface area (Å²) in [6.07, 6.45) is 17.4. The third-order valence-corrected chi connectivity index (χ3v) is 7.30. The quantitative estimate of drug-likeness (QED) is 0.133. The number of unbranched alkanes of at least 4 members (excludes halogenated alkanes) is 4. The molecule has 0 spiro atoms. The molecule has 2 aromatic carbocycles. The second-order valence-electron chi connectivity index (χ2n) is 10.3. The molecule has 4 nitrogen and oxygen atoms in total. The van der Waals surface area contributed by atoms with Crippen molar-refractivity contribution in [3.63, 3.8) is 0 Å². The van der Waals surface area contributed by atoms with E-state index < -0.39 is 0 Å². The van der Waals surface area contributed by atoms with E-state index in [0.29, 0.717) is 17.9 Å². The van der Waals surface area contributed by atoms with E-state index in [1.807, 2.05) is 12.1 Å². The van der Waals surface area contributed by atoms with Crippen molar-refractivity contribution in [1.29, 1.82) is 0 Å². The van der Waals surface area contributed by atoms with Gasteiger partial charge < -0.3 is 14.2 Å². The van der Waals surface area contributed by atoms with Crippen LogP contribution in [0.15, 0.2) is 48.5 Å². The highest BCUT2D eigenvalue weighted by molar-refractivity contribution is 5.91. The van der Waals surface area contributed by atoms with E-state index in [-0.39, 0.29) is 5.97 Å². The van der Waals surface area contributed by atoms with Gasteiger partial charge >= 0.3 is 5.97 Å². The molecular formula is C32H46O4. The van der Waals surface area contributed by atoms with E-state index in [1.165, 1.54) is 70.6 Å². The minimum Gasteiger partial charge on any atom is -0.494 e. The van der Waals surface area contributed by atoms with Crippen molar-refractivity contribution in [3.05, 3.63) is 54.1 Å². The summed E-state index contributed by atoms with van der Waals surface area (Å²) >= 11 is 0. The lowest BCUT2D eigenvalue weighted by molar-refractivity contribution is 0.0734. The fraction of sp³-hybridized carbons (Fsp3) is 0.594.